The van der Waals surface area contributed by atoms with Crippen LogP contribution in [0, 0.1) is 6.57 Å². The van der Waals surface area contributed by atoms with Gasteiger partial charge in [-0.1, -0.05) is 164 Å². The molecular weight excluding hydrogens is 715 g/mol. The zero-order valence-electron chi connectivity index (χ0n) is 31.9. The smallest absolute Gasteiger partial charge is 0.189 e. The van der Waals surface area contributed by atoms with Crippen LogP contribution in [0.3, 0.4) is 0 Å². The average Bonchev–Trinajstić information content (AvgIpc) is 3.70. The molecule has 0 fully saturated rings. The van der Waals surface area contributed by atoms with Gasteiger partial charge in [0.25, 0.3) is 0 Å². The Morgan fingerprint density at radius 1 is 0.339 bits per heavy atom. The summed E-state index contributed by atoms with van der Waals surface area (Å²) in [5, 5.41) is 15.2. The van der Waals surface area contributed by atoms with Crippen molar-refractivity contribution in [3.05, 3.63) is 212 Å². The van der Waals surface area contributed by atoms with E-state index < -0.39 is 0 Å². The first-order chi connectivity index (χ1) is 29.2. The minimum atomic E-state index is 0.576. The van der Waals surface area contributed by atoms with Crippen molar-refractivity contribution < 1.29 is 0 Å². The van der Waals surface area contributed by atoms with Gasteiger partial charge in [-0.3, -0.25) is 4.57 Å². The predicted octanol–water partition coefficient (Wildman–Crippen LogP) is 15.5. The maximum absolute atomic E-state index is 7.68. The van der Waals surface area contributed by atoms with E-state index in [0.717, 1.165) is 39.2 Å². The molecule has 0 spiro atoms. The monoisotopic (exact) mass is 747 g/mol. The van der Waals surface area contributed by atoms with Gasteiger partial charge in [0, 0.05) is 11.3 Å². The van der Waals surface area contributed by atoms with Gasteiger partial charge in [-0.25, -0.2) is 9.83 Å². The first-order valence-electron chi connectivity index (χ1n) is 20.0. The van der Waals surface area contributed by atoms with E-state index in [2.05, 4.69) is 191 Å². The number of nitrogens with zero attached hydrogens (tertiary/aromatic N) is 3. The molecule has 0 aliphatic heterocycles. The molecule has 0 unspecified atom stereocenters. The highest BCUT2D eigenvalue weighted by molar-refractivity contribution is 6.27. The number of aromatic nitrogens is 2. The highest BCUT2D eigenvalue weighted by atomic mass is 15.1. The van der Waals surface area contributed by atoms with Crippen LogP contribution in [0.25, 0.3) is 120 Å². The van der Waals surface area contributed by atoms with Crippen LogP contribution >= 0.6 is 0 Å². The Balaban J connectivity index is 0.947. The van der Waals surface area contributed by atoms with E-state index in [9.17, 15) is 0 Å². The van der Waals surface area contributed by atoms with Crippen molar-refractivity contribution in [1.29, 1.82) is 0 Å². The Morgan fingerprint density at radius 2 is 0.712 bits per heavy atom. The quantitative estimate of drug-likeness (QED) is 0.130. The molecule has 11 aromatic carbocycles. The van der Waals surface area contributed by atoms with Crippen LogP contribution in [0.15, 0.2) is 200 Å². The average molecular weight is 748 g/mol. The van der Waals surface area contributed by atoms with E-state index in [4.69, 9.17) is 11.6 Å². The van der Waals surface area contributed by atoms with Gasteiger partial charge in [-0.2, -0.15) is 0 Å². The maximum atomic E-state index is 7.68. The second-order valence-electron chi connectivity index (χ2n) is 15.4. The van der Waals surface area contributed by atoms with Gasteiger partial charge in [0.2, 0.25) is 0 Å². The molecule has 0 N–H and O–H groups in total. The van der Waals surface area contributed by atoms with Crippen LogP contribution in [0.5, 0.6) is 0 Å². The first-order valence-corrected chi connectivity index (χ1v) is 20.0. The minimum Gasteiger partial charge on any atom is -0.292 e. The van der Waals surface area contributed by atoms with E-state index in [1.54, 1.807) is 0 Å². The number of fused-ring (bicyclic) bond motifs is 13. The third-order valence-corrected chi connectivity index (χ3v) is 12.2. The second kappa shape index (κ2) is 13.0. The highest BCUT2D eigenvalue weighted by Crippen LogP contribution is 2.40. The summed E-state index contributed by atoms with van der Waals surface area (Å²) >= 11 is 0. The molecule has 0 saturated heterocycles. The summed E-state index contributed by atoms with van der Waals surface area (Å²) in [6.07, 6.45) is 0. The Hall–Kier alpha value is -8.06. The van der Waals surface area contributed by atoms with Crippen LogP contribution in [0.2, 0.25) is 0 Å². The lowest BCUT2D eigenvalue weighted by Gasteiger charge is -2.14. The molecule has 0 aliphatic rings. The molecule has 0 saturated carbocycles. The topological polar surface area (TPSA) is 22.2 Å². The Morgan fingerprint density at radius 3 is 1.15 bits per heavy atom. The van der Waals surface area contributed by atoms with Crippen LogP contribution in [0.4, 0.5) is 5.69 Å². The van der Waals surface area contributed by atoms with Gasteiger partial charge in [0.05, 0.1) is 17.6 Å². The molecule has 12 rings (SSSR count). The van der Waals surface area contributed by atoms with E-state index in [1.165, 1.54) is 75.8 Å². The van der Waals surface area contributed by atoms with E-state index in [0.29, 0.717) is 5.69 Å². The van der Waals surface area contributed by atoms with Crippen molar-refractivity contribution in [2.24, 2.45) is 0 Å². The van der Waals surface area contributed by atoms with Crippen LogP contribution in [-0.2, 0) is 0 Å². The molecule has 272 valence electrons. The van der Waals surface area contributed by atoms with Gasteiger partial charge in [0.15, 0.2) is 5.69 Å². The summed E-state index contributed by atoms with van der Waals surface area (Å²) in [6.45, 7) is 7.68. The van der Waals surface area contributed by atoms with Crippen LogP contribution in [0.1, 0.15) is 0 Å². The lowest BCUT2D eigenvalue weighted by Crippen LogP contribution is -1.97. The summed E-state index contributed by atoms with van der Waals surface area (Å²) in [5.74, 6) is 0.835. The molecule has 12 aromatic rings. The Kier molecular flexibility index (Phi) is 7.29. The fourth-order valence-corrected chi connectivity index (χ4v) is 9.38. The first kappa shape index (κ1) is 33.1. The van der Waals surface area contributed by atoms with E-state index in [-0.39, 0.29) is 0 Å². The third-order valence-electron chi connectivity index (χ3n) is 12.2. The molecule has 0 atom stereocenters. The number of rotatable bonds is 4. The van der Waals surface area contributed by atoms with Crippen molar-refractivity contribution in [3.8, 4) is 39.3 Å². The summed E-state index contributed by atoms with van der Waals surface area (Å²) in [7, 11) is 0. The molecule has 0 radical (unpaired) electrons. The van der Waals surface area contributed by atoms with Gasteiger partial charge in [-0.05, 0) is 123 Å². The molecule has 59 heavy (non-hydrogen) atoms. The zero-order valence-corrected chi connectivity index (χ0v) is 31.9. The summed E-state index contributed by atoms with van der Waals surface area (Å²) in [5.41, 5.74) is 8.98. The fraction of sp³-hybridized carbons (Fsp3) is 0. The van der Waals surface area contributed by atoms with Gasteiger partial charge in [-0.15, -0.1) is 0 Å². The maximum Gasteiger partial charge on any atom is 0.189 e. The summed E-state index contributed by atoms with van der Waals surface area (Å²) < 4.78 is 2.22. The van der Waals surface area contributed by atoms with Gasteiger partial charge < -0.3 is 0 Å². The van der Waals surface area contributed by atoms with Crippen molar-refractivity contribution in [3.63, 3.8) is 0 Å². The third kappa shape index (κ3) is 5.17. The van der Waals surface area contributed by atoms with Crippen molar-refractivity contribution in [1.82, 2.24) is 9.55 Å². The molecule has 1 heterocycles. The summed E-state index contributed by atoms with van der Waals surface area (Å²) in [4.78, 5) is 8.87. The van der Waals surface area contributed by atoms with E-state index >= 15 is 0 Å². The summed E-state index contributed by atoms with van der Waals surface area (Å²) in [6, 6.07) is 71.8. The predicted molar refractivity (Wildman–Crippen MR) is 249 cm³/mol. The molecule has 0 aliphatic carbocycles. The number of hydrogen-bond acceptors (Lipinski definition) is 1. The SMILES string of the molecule is [C-]#[N+]c1ccc2c(c1)nc(-c1ccc(-c3ccc4c5ccccc5c5ccccc5c4c3)cc1)n2-c1ccc(-c2ccc3c4ccccc4c4ccccc4c3c2)cc1. The Labute approximate surface area is 340 Å². The number of hydrogen-bond donors (Lipinski definition) is 0. The number of imidazole rings is 1. The molecule has 3 nitrogen and oxygen atoms in total. The fourth-order valence-electron chi connectivity index (χ4n) is 9.38. The van der Waals surface area contributed by atoms with Crippen molar-refractivity contribution in [2.75, 3.05) is 0 Å². The minimum absolute atomic E-state index is 0.576. The molecule has 1 aromatic heterocycles. The molecule has 0 bridgehead atoms. The highest BCUT2D eigenvalue weighted by Gasteiger charge is 2.17. The molecule has 0 amide bonds. The lowest BCUT2D eigenvalue weighted by atomic mass is 9.92. The van der Waals surface area contributed by atoms with Crippen LogP contribution < -0.4 is 0 Å². The molecule has 3 heteroatoms. The van der Waals surface area contributed by atoms with Gasteiger partial charge >= 0.3 is 0 Å². The van der Waals surface area contributed by atoms with Crippen LogP contribution in [-0.4, -0.2) is 9.55 Å². The van der Waals surface area contributed by atoms with Gasteiger partial charge in [0.1, 0.15) is 5.82 Å². The van der Waals surface area contributed by atoms with Crippen molar-refractivity contribution in [2.45, 2.75) is 0 Å². The standard InChI is InChI=1S/C56H33N3/c1-57-40-26-31-55-54(34-40)58-56(37-20-18-35(19-21-37)38-24-29-50-46-14-4-2-10-42(46)44-12-6-8-16-48(44)52(50)32-38)59(55)41-27-22-36(23-28-41)39-25-30-51-47-15-5-3-11-43(47)45-13-7-9-17-49(45)53(51)33-39/h2-34H. The Bertz CT molecular complexity index is 3650. The lowest BCUT2D eigenvalue weighted by molar-refractivity contribution is 1.10. The van der Waals surface area contributed by atoms with E-state index in [1.807, 2.05) is 18.2 Å². The normalized spacial score (nSPS) is 11.7. The zero-order chi connectivity index (χ0) is 39.0. The molecular formula is C56H33N3. The largest absolute Gasteiger partial charge is 0.292 e. The van der Waals surface area contributed by atoms with Crippen molar-refractivity contribution >= 4 is 81.4 Å². The second-order valence-corrected chi connectivity index (χ2v) is 15.4. The number of benzene rings is 11.